The van der Waals surface area contributed by atoms with E-state index in [9.17, 15) is 4.79 Å². The van der Waals surface area contributed by atoms with E-state index in [2.05, 4.69) is 27.3 Å². The summed E-state index contributed by atoms with van der Waals surface area (Å²) in [6, 6.07) is 9.85. The van der Waals surface area contributed by atoms with E-state index < -0.39 is 0 Å². The van der Waals surface area contributed by atoms with Crippen molar-refractivity contribution >= 4 is 28.2 Å². The first-order valence-corrected chi connectivity index (χ1v) is 10.1. The monoisotopic (exact) mass is 412 g/mol. The van der Waals surface area contributed by atoms with Crippen LogP contribution in [0, 0.1) is 13.8 Å². The number of nitrogens with one attached hydrogen (secondary N) is 2. The maximum Gasteiger partial charge on any atom is 0.253 e. The molecule has 29 heavy (non-hydrogen) atoms. The van der Waals surface area contributed by atoms with Crippen molar-refractivity contribution < 1.29 is 4.42 Å². The summed E-state index contributed by atoms with van der Waals surface area (Å²) in [4.78, 5) is 19.9. The Morgan fingerprint density at radius 2 is 2.00 bits per heavy atom. The lowest BCUT2D eigenvalue weighted by atomic mass is 10.0. The number of hydrogen-bond acceptors (Lipinski definition) is 4. The third-order valence-corrected chi connectivity index (χ3v) is 5.49. The standard InChI is InChI=1S/C22H28N4O2S/c1-15-7-8-17-12-18(21(27)24-20(17)16(15)2)14-26(10-9-25(3)4)22(29)23-13-19-6-5-11-28-19/h5-8,11-12H,9-10,13-14H2,1-4H3,(H,23,29)(H,24,27). The first-order valence-electron chi connectivity index (χ1n) is 9.67. The highest BCUT2D eigenvalue weighted by Gasteiger charge is 2.14. The van der Waals surface area contributed by atoms with Crippen molar-refractivity contribution in [2.24, 2.45) is 0 Å². The quantitative estimate of drug-likeness (QED) is 0.581. The van der Waals surface area contributed by atoms with Gasteiger partial charge >= 0.3 is 0 Å². The van der Waals surface area contributed by atoms with Crippen LogP contribution < -0.4 is 10.9 Å². The molecule has 3 rings (SSSR count). The number of hydrogen-bond donors (Lipinski definition) is 2. The lowest BCUT2D eigenvalue weighted by Gasteiger charge is -2.27. The van der Waals surface area contributed by atoms with Gasteiger partial charge in [0.2, 0.25) is 0 Å². The summed E-state index contributed by atoms with van der Waals surface area (Å²) in [6.07, 6.45) is 1.64. The van der Waals surface area contributed by atoms with Crippen LogP contribution in [0.25, 0.3) is 10.9 Å². The van der Waals surface area contributed by atoms with E-state index in [1.54, 1.807) is 6.26 Å². The predicted octanol–water partition coefficient (Wildman–Crippen LogP) is 3.18. The van der Waals surface area contributed by atoms with Gasteiger partial charge in [-0.25, -0.2) is 0 Å². The third kappa shape index (κ3) is 5.25. The molecule has 0 unspecified atom stereocenters. The van der Waals surface area contributed by atoms with Gasteiger partial charge in [-0.2, -0.15) is 0 Å². The summed E-state index contributed by atoms with van der Waals surface area (Å²) in [5, 5.41) is 4.87. The number of thiocarbonyl (C=S) groups is 1. The first kappa shape index (κ1) is 21.1. The van der Waals surface area contributed by atoms with Crippen molar-refractivity contribution in [2.75, 3.05) is 27.2 Å². The molecule has 0 radical (unpaired) electrons. The van der Waals surface area contributed by atoms with Crippen LogP contribution in [0.2, 0.25) is 0 Å². The number of likely N-dealkylation sites (N-methyl/N-ethyl adjacent to an activating group) is 1. The Morgan fingerprint density at radius 1 is 1.21 bits per heavy atom. The summed E-state index contributed by atoms with van der Waals surface area (Å²) in [5.41, 5.74) is 3.79. The van der Waals surface area contributed by atoms with Gasteiger partial charge in [0.25, 0.3) is 5.56 Å². The average Bonchev–Trinajstić information content (AvgIpc) is 3.20. The van der Waals surface area contributed by atoms with Crippen LogP contribution >= 0.6 is 12.2 Å². The Labute approximate surface area is 176 Å². The molecule has 2 heterocycles. The second-order valence-corrected chi connectivity index (χ2v) is 7.94. The van der Waals surface area contributed by atoms with Gasteiger partial charge in [0.15, 0.2) is 5.11 Å². The molecule has 0 saturated heterocycles. The van der Waals surface area contributed by atoms with E-state index in [1.165, 1.54) is 0 Å². The van der Waals surface area contributed by atoms with E-state index in [0.29, 0.717) is 30.3 Å². The minimum absolute atomic E-state index is 0.0742. The molecule has 0 amide bonds. The van der Waals surface area contributed by atoms with Crippen LogP contribution in [0.4, 0.5) is 0 Å². The summed E-state index contributed by atoms with van der Waals surface area (Å²) in [6.45, 7) is 6.57. The highest BCUT2D eigenvalue weighted by Crippen LogP contribution is 2.19. The van der Waals surface area contributed by atoms with Gasteiger partial charge in [0.1, 0.15) is 5.76 Å². The maximum absolute atomic E-state index is 12.8. The van der Waals surface area contributed by atoms with Crippen molar-refractivity contribution in [3.05, 3.63) is 69.4 Å². The zero-order chi connectivity index (χ0) is 21.0. The number of rotatable bonds is 7. The second kappa shape index (κ2) is 9.24. The number of H-pyrrole nitrogens is 1. The maximum atomic E-state index is 12.8. The van der Waals surface area contributed by atoms with Crippen LogP contribution in [-0.4, -0.2) is 47.1 Å². The van der Waals surface area contributed by atoms with Crippen molar-refractivity contribution in [2.45, 2.75) is 26.9 Å². The minimum Gasteiger partial charge on any atom is -0.467 e. The molecule has 2 aromatic heterocycles. The Balaban J connectivity index is 1.82. The molecule has 0 aliphatic rings. The number of aromatic nitrogens is 1. The average molecular weight is 413 g/mol. The topological polar surface area (TPSA) is 64.5 Å². The summed E-state index contributed by atoms with van der Waals surface area (Å²) in [7, 11) is 4.04. The Morgan fingerprint density at radius 3 is 2.69 bits per heavy atom. The van der Waals surface area contributed by atoms with Gasteiger partial charge in [-0.3, -0.25) is 4.79 Å². The molecule has 0 saturated carbocycles. The molecule has 0 aliphatic heterocycles. The van der Waals surface area contributed by atoms with E-state index >= 15 is 0 Å². The number of pyridine rings is 1. The van der Waals surface area contributed by atoms with Gasteiger partial charge < -0.3 is 24.5 Å². The Kier molecular flexibility index (Phi) is 6.71. The fourth-order valence-corrected chi connectivity index (χ4v) is 3.38. The molecular weight excluding hydrogens is 384 g/mol. The summed E-state index contributed by atoms with van der Waals surface area (Å²) < 4.78 is 5.36. The van der Waals surface area contributed by atoms with E-state index in [-0.39, 0.29) is 5.56 Å². The number of benzene rings is 1. The largest absolute Gasteiger partial charge is 0.467 e. The normalized spacial score (nSPS) is 11.2. The lowest BCUT2D eigenvalue weighted by molar-refractivity contribution is 0.321. The van der Waals surface area contributed by atoms with Crippen molar-refractivity contribution in [3.63, 3.8) is 0 Å². The number of nitrogens with zero attached hydrogens (tertiary/aromatic N) is 2. The van der Waals surface area contributed by atoms with E-state index in [0.717, 1.165) is 34.3 Å². The molecule has 0 fully saturated rings. The Hall–Kier alpha value is -2.64. The van der Waals surface area contributed by atoms with E-state index in [1.807, 2.05) is 51.0 Å². The fourth-order valence-electron chi connectivity index (χ4n) is 3.15. The van der Waals surface area contributed by atoms with Gasteiger partial charge in [-0.15, -0.1) is 0 Å². The first-order chi connectivity index (χ1) is 13.8. The van der Waals surface area contributed by atoms with Crippen LogP contribution in [0.3, 0.4) is 0 Å². The number of furan rings is 1. The minimum atomic E-state index is -0.0742. The van der Waals surface area contributed by atoms with E-state index in [4.69, 9.17) is 16.6 Å². The van der Waals surface area contributed by atoms with Crippen LogP contribution in [0.15, 0.2) is 45.8 Å². The number of aromatic amines is 1. The Bertz CT molecular complexity index is 1040. The highest BCUT2D eigenvalue weighted by molar-refractivity contribution is 7.80. The second-order valence-electron chi connectivity index (χ2n) is 7.56. The zero-order valence-corrected chi connectivity index (χ0v) is 18.2. The molecule has 7 heteroatoms. The predicted molar refractivity (Wildman–Crippen MR) is 121 cm³/mol. The molecule has 0 bridgehead atoms. The van der Waals surface area contributed by atoms with Crippen LogP contribution in [0.1, 0.15) is 22.5 Å². The molecule has 2 N–H and O–H groups in total. The smallest absolute Gasteiger partial charge is 0.253 e. The number of aryl methyl sites for hydroxylation is 2. The van der Waals surface area contributed by atoms with Crippen molar-refractivity contribution in [3.8, 4) is 0 Å². The molecule has 0 atom stereocenters. The molecule has 154 valence electrons. The highest BCUT2D eigenvalue weighted by atomic mass is 32.1. The van der Waals surface area contributed by atoms with Gasteiger partial charge in [0, 0.05) is 18.7 Å². The third-order valence-electron chi connectivity index (χ3n) is 5.09. The van der Waals surface area contributed by atoms with Crippen molar-refractivity contribution in [1.29, 1.82) is 0 Å². The SMILES string of the molecule is Cc1ccc2cc(CN(CCN(C)C)C(=S)NCc3ccco3)c(=O)[nH]c2c1C. The zero-order valence-electron chi connectivity index (χ0n) is 17.4. The van der Waals surface area contributed by atoms with Gasteiger partial charge in [-0.1, -0.05) is 12.1 Å². The van der Waals surface area contributed by atoms with Crippen molar-refractivity contribution in [1.82, 2.24) is 20.1 Å². The molecule has 3 aromatic rings. The van der Waals surface area contributed by atoms with Crippen LogP contribution in [-0.2, 0) is 13.1 Å². The number of fused-ring (bicyclic) bond motifs is 1. The summed E-state index contributed by atoms with van der Waals surface area (Å²) >= 11 is 5.62. The van der Waals surface area contributed by atoms with Crippen LogP contribution in [0.5, 0.6) is 0 Å². The fraction of sp³-hybridized carbons (Fsp3) is 0.364. The molecule has 6 nitrogen and oxygen atoms in total. The molecule has 0 aliphatic carbocycles. The molecular formula is C22H28N4O2S. The molecule has 0 spiro atoms. The lowest BCUT2D eigenvalue weighted by Crippen LogP contribution is -2.43. The summed E-state index contributed by atoms with van der Waals surface area (Å²) in [5.74, 6) is 0.814. The molecule has 1 aromatic carbocycles. The van der Waals surface area contributed by atoms with Gasteiger partial charge in [0.05, 0.1) is 24.9 Å². The van der Waals surface area contributed by atoms with Gasteiger partial charge in [-0.05, 0) is 74.9 Å².